The molecule has 3 aromatic rings. The van der Waals surface area contributed by atoms with Crippen LogP contribution in [0.3, 0.4) is 0 Å². The van der Waals surface area contributed by atoms with Gasteiger partial charge in [-0.2, -0.15) is 20.4 Å². The van der Waals surface area contributed by atoms with Crippen LogP contribution in [0.25, 0.3) is 23.0 Å². The third-order valence-corrected chi connectivity index (χ3v) is 2.62. The van der Waals surface area contributed by atoms with Crippen LogP contribution >= 0.6 is 11.6 Å². The Labute approximate surface area is 106 Å². The highest BCUT2D eigenvalue weighted by Gasteiger charge is 2.15. The van der Waals surface area contributed by atoms with Crippen LogP contribution in [0.15, 0.2) is 28.9 Å². The van der Waals surface area contributed by atoms with E-state index in [0.717, 1.165) is 0 Å². The predicted molar refractivity (Wildman–Crippen MR) is 64.5 cm³/mol. The number of aromatic nitrogens is 5. The Morgan fingerprint density at radius 3 is 3.00 bits per heavy atom. The fourth-order valence-electron chi connectivity index (χ4n) is 1.45. The molecule has 2 heterocycles. The van der Waals surface area contributed by atoms with Crippen molar-refractivity contribution in [3.05, 3.63) is 29.4 Å². The van der Waals surface area contributed by atoms with E-state index in [1.165, 1.54) is 6.20 Å². The van der Waals surface area contributed by atoms with E-state index in [0.29, 0.717) is 27.8 Å². The molecule has 8 heteroatoms. The van der Waals surface area contributed by atoms with Gasteiger partial charge < -0.3 is 10.3 Å². The molecule has 0 saturated heterocycles. The molecule has 90 valence electrons. The van der Waals surface area contributed by atoms with Gasteiger partial charge in [0.25, 0.3) is 5.89 Å². The van der Waals surface area contributed by atoms with Crippen LogP contribution in [-0.2, 0) is 0 Å². The second kappa shape index (κ2) is 4.11. The smallest absolute Gasteiger partial charge is 0.259 e. The van der Waals surface area contributed by atoms with Crippen molar-refractivity contribution >= 4 is 17.3 Å². The lowest BCUT2D eigenvalue weighted by atomic mass is 10.2. The maximum Gasteiger partial charge on any atom is 0.259 e. The van der Waals surface area contributed by atoms with Gasteiger partial charge >= 0.3 is 0 Å². The zero-order valence-electron chi connectivity index (χ0n) is 8.96. The van der Waals surface area contributed by atoms with Gasteiger partial charge in [-0.3, -0.25) is 0 Å². The molecule has 0 unspecified atom stereocenters. The summed E-state index contributed by atoms with van der Waals surface area (Å²) in [6.07, 6.45) is 1.50. The molecular formula is C10H7ClN6O. The third kappa shape index (κ3) is 1.80. The van der Waals surface area contributed by atoms with Crippen molar-refractivity contribution in [3.8, 4) is 23.0 Å². The first-order chi connectivity index (χ1) is 8.74. The Kier molecular flexibility index (Phi) is 2.45. The summed E-state index contributed by atoms with van der Waals surface area (Å²) >= 11 is 6.05. The molecule has 0 spiro atoms. The Morgan fingerprint density at radius 1 is 1.33 bits per heavy atom. The van der Waals surface area contributed by atoms with Gasteiger partial charge in [0.2, 0.25) is 5.82 Å². The van der Waals surface area contributed by atoms with E-state index in [-0.39, 0.29) is 5.89 Å². The van der Waals surface area contributed by atoms with Gasteiger partial charge in [-0.25, -0.2) is 0 Å². The summed E-state index contributed by atoms with van der Waals surface area (Å²) in [7, 11) is 0. The van der Waals surface area contributed by atoms with E-state index in [2.05, 4.69) is 25.6 Å². The topological polar surface area (TPSA) is 107 Å². The SMILES string of the molecule is Nc1ccc(Cl)c(-c2nc(-c3cn[nH]n3)no2)c1. The van der Waals surface area contributed by atoms with Gasteiger partial charge in [0.05, 0.1) is 16.8 Å². The number of nitrogens with two attached hydrogens (primary N) is 1. The summed E-state index contributed by atoms with van der Waals surface area (Å²) in [6.45, 7) is 0. The van der Waals surface area contributed by atoms with Crippen LogP contribution in [0.1, 0.15) is 0 Å². The molecule has 3 N–H and O–H groups in total. The van der Waals surface area contributed by atoms with Gasteiger partial charge in [0.15, 0.2) is 5.69 Å². The largest absolute Gasteiger partial charge is 0.399 e. The monoisotopic (exact) mass is 262 g/mol. The van der Waals surface area contributed by atoms with Gasteiger partial charge in [0, 0.05) is 5.69 Å². The van der Waals surface area contributed by atoms with E-state index < -0.39 is 0 Å². The van der Waals surface area contributed by atoms with Crippen molar-refractivity contribution in [1.82, 2.24) is 25.6 Å². The fourth-order valence-corrected chi connectivity index (χ4v) is 1.65. The highest BCUT2D eigenvalue weighted by molar-refractivity contribution is 6.33. The summed E-state index contributed by atoms with van der Waals surface area (Å²) in [5, 5.41) is 14.3. The molecule has 0 aliphatic heterocycles. The van der Waals surface area contributed by atoms with Crippen LogP contribution in [0.5, 0.6) is 0 Å². The second-order valence-electron chi connectivity index (χ2n) is 3.52. The van der Waals surface area contributed by atoms with Gasteiger partial charge in [-0.15, -0.1) is 0 Å². The Morgan fingerprint density at radius 2 is 2.22 bits per heavy atom. The van der Waals surface area contributed by atoms with E-state index >= 15 is 0 Å². The van der Waals surface area contributed by atoms with Crippen LogP contribution in [-0.4, -0.2) is 25.6 Å². The Balaban J connectivity index is 2.05. The zero-order chi connectivity index (χ0) is 12.5. The number of nitrogens with zero attached hydrogens (tertiary/aromatic N) is 4. The number of halogens is 1. The highest BCUT2D eigenvalue weighted by Crippen LogP contribution is 2.29. The minimum atomic E-state index is 0.283. The first-order valence-electron chi connectivity index (χ1n) is 4.99. The molecule has 0 amide bonds. The van der Waals surface area contributed by atoms with Crippen molar-refractivity contribution in [2.75, 3.05) is 5.73 Å². The number of aromatic amines is 1. The summed E-state index contributed by atoms with van der Waals surface area (Å²) in [5.41, 5.74) is 7.33. The van der Waals surface area contributed by atoms with E-state index in [4.69, 9.17) is 21.9 Å². The third-order valence-electron chi connectivity index (χ3n) is 2.29. The lowest BCUT2D eigenvalue weighted by Crippen LogP contribution is -1.87. The number of H-pyrrole nitrogens is 1. The van der Waals surface area contributed by atoms with Gasteiger partial charge in [0.1, 0.15) is 0 Å². The van der Waals surface area contributed by atoms with Crippen LogP contribution in [0, 0.1) is 0 Å². The summed E-state index contributed by atoms with van der Waals surface area (Å²) in [4.78, 5) is 4.18. The highest BCUT2D eigenvalue weighted by atomic mass is 35.5. The lowest BCUT2D eigenvalue weighted by molar-refractivity contribution is 0.432. The maximum absolute atomic E-state index is 6.05. The van der Waals surface area contributed by atoms with E-state index in [9.17, 15) is 0 Å². The molecule has 0 aliphatic carbocycles. The molecule has 0 saturated carbocycles. The number of rotatable bonds is 2. The van der Waals surface area contributed by atoms with Crippen molar-refractivity contribution in [2.45, 2.75) is 0 Å². The molecule has 18 heavy (non-hydrogen) atoms. The van der Waals surface area contributed by atoms with E-state index in [1.807, 2.05) is 0 Å². The van der Waals surface area contributed by atoms with Crippen molar-refractivity contribution in [1.29, 1.82) is 0 Å². The number of hydrogen-bond donors (Lipinski definition) is 2. The summed E-state index contributed by atoms with van der Waals surface area (Å²) < 4.78 is 5.13. The second-order valence-corrected chi connectivity index (χ2v) is 3.92. The summed E-state index contributed by atoms with van der Waals surface area (Å²) in [6, 6.07) is 5.04. The molecule has 0 aliphatic rings. The maximum atomic E-state index is 6.05. The summed E-state index contributed by atoms with van der Waals surface area (Å²) in [5.74, 6) is 0.613. The minimum absolute atomic E-state index is 0.283. The van der Waals surface area contributed by atoms with Crippen LogP contribution in [0.2, 0.25) is 5.02 Å². The first-order valence-corrected chi connectivity index (χ1v) is 5.37. The number of benzene rings is 1. The van der Waals surface area contributed by atoms with Crippen molar-refractivity contribution < 1.29 is 4.52 Å². The number of anilines is 1. The number of nitrogen functional groups attached to an aromatic ring is 1. The van der Waals surface area contributed by atoms with E-state index in [1.54, 1.807) is 18.2 Å². The molecule has 7 nitrogen and oxygen atoms in total. The fraction of sp³-hybridized carbons (Fsp3) is 0. The van der Waals surface area contributed by atoms with Crippen LogP contribution in [0.4, 0.5) is 5.69 Å². The Bertz CT molecular complexity index is 678. The standard InChI is InChI=1S/C10H7ClN6O/c11-7-2-1-5(12)3-6(7)10-14-9(16-18-10)8-4-13-17-15-8/h1-4H,12H2,(H,13,15,17). The quantitative estimate of drug-likeness (QED) is 0.682. The molecule has 0 bridgehead atoms. The molecule has 0 radical (unpaired) electrons. The van der Waals surface area contributed by atoms with Gasteiger partial charge in [-0.1, -0.05) is 16.8 Å². The molecule has 2 aromatic heterocycles. The lowest BCUT2D eigenvalue weighted by Gasteiger charge is -1.99. The molecular weight excluding hydrogens is 256 g/mol. The molecule has 0 atom stereocenters. The average Bonchev–Trinajstić information content (AvgIpc) is 3.00. The van der Waals surface area contributed by atoms with Crippen LogP contribution < -0.4 is 5.73 Å². The number of hydrogen-bond acceptors (Lipinski definition) is 6. The minimum Gasteiger partial charge on any atom is -0.399 e. The molecule has 1 aromatic carbocycles. The predicted octanol–water partition coefficient (Wildman–Crippen LogP) is 1.76. The molecule has 3 rings (SSSR count). The first kappa shape index (κ1) is 10.7. The molecule has 0 fully saturated rings. The number of nitrogens with one attached hydrogen (secondary N) is 1. The Hall–Kier alpha value is -2.41. The van der Waals surface area contributed by atoms with Gasteiger partial charge in [-0.05, 0) is 18.2 Å². The van der Waals surface area contributed by atoms with Crippen molar-refractivity contribution in [3.63, 3.8) is 0 Å². The zero-order valence-corrected chi connectivity index (χ0v) is 9.72. The van der Waals surface area contributed by atoms with Crippen molar-refractivity contribution in [2.24, 2.45) is 0 Å². The average molecular weight is 263 g/mol. The normalized spacial score (nSPS) is 10.7.